The normalized spacial score (nSPS) is 11.6. The molecule has 2 heterocycles. The standard InChI is InChI=1S/C30H28FN3O6S/c1-17-30(18(2)40-33-17)19-7-9-22-25(12-19)34(11-10-27(22)35)26-15-24(29(14-23(26)31)41(5,36)37)32-16-20-6-8-21(38-3)13-28(20)39-4/h6-15,32H,16H2,1-5H3. The molecule has 1 N–H and O–H groups in total. The van der Waals surface area contributed by atoms with Crippen LogP contribution in [0.2, 0.25) is 0 Å². The molecular formula is C30H28FN3O6S. The van der Waals surface area contributed by atoms with Crippen LogP contribution < -0.4 is 20.2 Å². The SMILES string of the molecule is COc1ccc(CNc2cc(-n3ccc(=O)c4ccc(-c5c(C)noc5C)cc43)c(F)cc2S(C)(=O)=O)c(OC)c1. The first-order valence-corrected chi connectivity index (χ1v) is 14.5. The Morgan fingerprint density at radius 3 is 2.46 bits per heavy atom. The summed E-state index contributed by atoms with van der Waals surface area (Å²) in [5.74, 6) is 0.979. The first-order chi connectivity index (χ1) is 19.5. The van der Waals surface area contributed by atoms with E-state index in [9.17, 15) is 13.2 Å². The molecule has 0 bridgehead atoms. The Morgan fingerprint density at radius 2 is 1.80 bits per heavy atom. The number of ether oxygens (including phenoxy) is 2. The molecule has 0 aliphatic rings. The molecular weight excluding hydrogens is 549 g/mol. The smallest absolute Gasteiger partial charge is 0.189 e. The van der Waals surface area contributed by atoms with Gasteiger partial charge in [-0.15, -0.1) is 0 Å². The molecule has 0 saturated carbocycles. The van der Waals surface area contributed by atoms with Gasteiger partial charge in [0.15, 0.2) is 15.3 Å². The lowest BCUT2D eigenvalue weighted by atomic mass is 10.0. The van der Waals surface area contributed by atoms with Crippen molar-refractivity contribution in [2.24, 2.45) is 0 Å². The second-order valence-corrected chi connectivity index (χ2v) is 11.6. The Hall–Kier alpha value is -4.64. The first kappa shape index (κ1) is 27.9. The van der Waals surface area contributed by atoms with Gasteiger partial charge >= 0.3 is 0 Å². The van der Waals surface area contributed by atoms with Crippen molar-refractivity contribution in [1.82, 2.24) is 9.72 Å². The largest absolute Gasteiger partial charge is 0.497 e. The second kappa shape index (κ2) is 10.7. The molecule has 2 aromatic heterocycles. The fraction of sp³-hybridized carbons (Fsp3) is 0.200. The first-order valence-electron chi connectivity index (χ1n) is 12.6. The number of fused-ring (bicyclic) bond motifs is 1. The van der Waals surface area contributed by atoms with Gasteiger partial charge in [-0.3, -0.25) is 4.79 Å². The summed E-state index contributed by atoms with van der Waals surface area (Å²) in [7, 11) is -0.744. The Balaban J connectivity index is 1.66. The zero-order valence-electron chi connectivity index (χ0n) is 23.1. The van der Waals surface area contributed by atoms with Crippen LogP contribution in [-0.2, 0) is 16.4 Å². The summed E-state index contributed by atoms with van der Waals surface area (Å²) in [6.07, 6.45) is 2.49. The zero-order valence-corrected chi connectivity index (χ0v) is 23.9. The molecule has 0 spiro atoms. The lowest BCUT2D eigenvalue weighted by Crippen LogP contribution is -2.12. The maximum atomic E-state index is 15.7. The van der Waals surface area contributed by atoms with Gasteiger partial charge in [0, 0.05) is 47.6 Å². The molecule has 0 atom stereocenters. The number of sulfone groups is 1. The fourth-order valence-corrected chi connectivity index (χ4v) is 5.72. The highest BCUT2D eigenvalue weighted by Crippen LogP contribution is 2.33. The van der Waals surface area contributed by atoms with E-state index in [4.69, 9.17) is 14.0 Å². The quantitative estimate of drug-likeness (QED) is 0.260. The van der Waals surface area contributed by atoms with Gasteiger partial charge in [0.05, 0.1) is 41.7 Å². The number of aryl methyl sites for hydroxylation is 2. The van der Waals surface area contributed by atoms with Crippen LogP contribution in [0.4, 0.5) is 10.1 Å². The number of nitrogens with zero attached hydrogens (tertiary/aromatic N) is 2. The van der Waals surface area contributed by atoms with E-state index in [2.05, 4.69) is 10.5 Å². The average molecular weight is 578 g/mol. The van der Waals surface area contributed by atoms with Crippen molar-refractivity contribution < 1.29 is 26.8 Å². The molecule has 0 saturated heterocycles. The third-order valence-corrected chi connectivity index (χ3v) is 8.03. The highest BCUT2D eigenvalue weighted by atomic mass is 32.2. The van der Waals surface area contributed by atoms with Gasteiger partial charge in [0.2, 0.25) is 0 Å². The van der Waals surface area contributed by atoms with Gasteiger partial charge in [0.25, 0.3) is 0 Å². The number of halogens is 1. The second-order valence-electron chi connectivity index (χ2n) is 9.58. The molecule has 212 valence electrons. The minimum absolute atomic E-state index is 0.0579. The van der Waals surface area contributed by atoms with E-state index in [0.29, 0.717) is 33.9 Å². The molecule has 0 amide bonds. The Bertz CT molecular complexity index is 1940. The zero-order chi connectivity index (χ0) is 29.5. The van der Waals surface area contributed by atoms with E-state index in [1.54, 1.807) is 50.4 Å². The van der Waals surface area contributed by atoms with Crippen LogP contribution in [0.3, 0.4) is 0 Å². The maximum absolute atomic E-state index is 15.7. The molecule has 41 heavy (non-hydrogen) atoms. The molecule has 0 radical (unpaired) electrons. The van der Waals surface area contributed by atoms with Gasteiger partial charge in [0.1, 0.15) is 23.1 Å². The minimum atomic E-state index is -3.81. The summed E-state index contributed by atoms with van der Waals surface area (Å²) in [5, 5.41) is 7.51. The van der Waals surface area contributed by atoms with Crippen molar-refractivity contribution in [3.8, 4) is 28.3 Å². The van der Waals surface area contributed by atoms with Gasteiger partial charge in [-0.2, -0.15) is 0 Å². The van der Waals surface area contributed by atoms with E-state index in [1.807, 2.05) is 6.92 Å². The predicted octanol–water partition coefficient (Wildman–Crippen LogP) is 5.43. The minimum Gasteiger partial charge on any atom is -0.497 e. The van der Waals surface area contributed by atoms with Crippen molar-refractivity contribution in [3.05, 3.63) is 93.9 Å². The monoisotopic (exact) mass is 577 g/mol. The van der Waals surface area contributed by atoms with E-state index >= 15 is 4.39 Å². The van der Waals surface area contributed by atoms with Crippen LogP contribution in [-0.4, -0.2) is 38.6 Å². The van der Waals surface area contributed by atoms with Crippen LogP contribution in [0.5, 0.6) is 11.5 Å². The van der Waals surface area contributed by atoms with Crippen LogP contribution >= 0.6 is 0 Å². The van der Waals surface area contributed by atoms with E-state index < -0.39 is 15.7 Å². The lowest BCUT2D eigenvalue weighted by Gasteiger charge is -2.18. The number of rotatable bonds is 8. The van der Waals surface area contributed by atoms with Gasteiger partial charge in [-0.25, -0.2) is 12.8 Å². The van der Waals surface area contributed by atoms with Crippen molar-refractivity contribution >= 4 is 26.4 Å². The predicted molar refractivity (Wildman–Crippen MR) is 154 cm³/mol. The highest BCUT2D eigenvalue weighted by molar-refractivity contribution is 7.90. The number of anilines is 1. The van der Waals surface area contributed by atoms with Crippen LogP contribution in [0.15, 0.2) is 75.0 Å². The maximum Gasteiger partial charge on any atom is 0.189 e. The Kier molecular flexibility index (Phi) is 7.31. The molecule has 9 nitrogen and oxygen atoms in total. The molecule has 0 aliphatic carbocycles. The lowest BCUT2D eigenvalue weighted by molar-refractivity contribution is 0.391. The Morgan fingerprint density at radius 1 is 1.02 bits per heavy atom. The van der Waals surface area contributed by atoms with E-state index in [-0.39, 0.29) is 28.2 Å². The van der Waals surface area contributed by atoms with Crippen molar-refractivity contribution in [1.29, 1.82) is 0 Å². The fourth-order valence-electron chi connectivity index (χ4n) is 4.87. The molecule has 3 aromatic carbocycles. The molecule has 0 unspecified atom stereocenters. The van der Waals surface area contributed by atoms with Gasteiger partial charge < -0.3 is 23.9 Å². The summed E-state index contributed by atoms with van der Waals surface area (Å²) < 4.78 is 58.6. The average Bonchev–Trinajstić information content (AvgIpc) is 3.29. The van der Waals surface area contributed by atoms with Crippen molar-refractivity contribution in [2.75, 3.05) is 25.8 Å². The van der Waals surface area contributed by atoms with Crippen LogP contribution in [0.25, 0.3) is 27.7 Å². The van der Waals surface area contributed by atoms with Crippen LogP contribution in [0.1, 0.15) is 17.0 Å². The summed E-state index contributed by atoms with van der Waals surface area (Å²) in [6, 6.07) is 14.3. The van der Waals surface area contributed by atoms with E-state index in [1.165, 1.54) is 30.0 Å². The number of nitrogens with one attached hydrogen (secondary N) is 1. The van der Waals surface area contributed by atoms with Crippen LogP contribution in [0, 0.1) is 19.7 Å². The summed E-state index contributed by atoms with van der Waals surface area (Å²) in [5.41, 5.74) is 3.37. The third-order valence-electron chi connectivity index (χ3n) is 6.89. The topological polar surface area (TPSA) is 113 Å². The molecule has 0 fully saturated rings. The molecule has 11 heteroatoms. The number of hydrogen-bond donors (Lipinski definition) is 1. The number of hydrogen-bond acceptors (Lipinski definition) is 8. The summed E-state index contributed by atoms with van der Waals surface area (Å²) >= 11 is 0. The Labute approximate surface area is 236 Å². The van der Waals surface area contributed by atoms with E-state index in [0.717, 1.165) is 29.0 Å². The molecule has 0 aliphatic heterocycles. The number of methoxy groups -OCH3 is 2. The third kappa shape index (κ3) is 5.28. The van der Waals surface area contributed by atoms with Gasteiger partial charge in [-0.1, -0.05) is 11.2 Å². The summed E-state index contributed by atoms with van der Waals surface area (Å²) in [6.45, 7) is 3.78. The summed E-state index contributed by atoms with van der Waals surface area (Å²) in [4.78, 5) is 12.5. The number of aromatic nitrogens is 2. The molecule has 5 aromatic rings. The highest BCUT2D eigenvalue weighted by Gasteiger charge is 2.21. The molecule has 5 rings (SSSR count). The number of pyridine rings is 1. The van der Waals surface area contributed by atoms with Gasteiger partial charge in [-0.05, 0) is 55.8 Å². The van der Waals surface area contributed by atoms with Crippen molar-refractivity contribution in [2.45, 2.75) is 25.3 Å². The number of benzene rings is 3. The van der Waals surface area contributed by atoms with Crippen molar-refractivity contribution in [3.63, 3.8) is 0 Å².